The molecule has 4 heterocycles. The first-order valence-electron chi connectivity index (χ1n) is 28.9. The topological polar surface area (TPSA) is 209 Å². The van der Waals surface area contributed by atoms with E-state index in [1.807, 2.05) is 152 Å². The van der Waals surface area contributed by atoms with Crippen molar-refractivity contribution in [1.82, 2.24) is 4.90 Å². The highest BCUT2D eigenvalue weighted by molar-refractivity contribution is 6.21. The summed E-state index contributed by atoms with van der Waals surface area (Å²) in [7, 11) is 0. The van der Waals surface area contributed by atoms with Crippen LogP contribution in [0.25, 0.3) is 0 Å². The number of alkyl halides is 1. The number of ether oxygens (including phenoxy) is 13. The minimum atomic E-state index is -2.55. The Bertz CT molecular complexity index is 3170. The molecule has 3 fully saturated rings. The summed E-state index contributed by atoms with van der Waals surface area (Å²) in [6.45, 7) is 4.67. The lowest BCUT2D eigenvalue weighted by Crippen LogP contribution is -2.70. The molecule has 0 N–H and O–H groups in total. The van der Waals surface area contributed by atoms with Crippen LogP contribution in [-0.2, 0) is 109 Å². The molecular formula is C67H70FNO18. The predicted molar refractivity (Wildman–Crippen MR) is 307 cm³/mol. The van der Waals surface area contributed by atoms with Crippen molar-refractivity contribution in [2.45, 2.75) is 153 Å². The van der Waals surface area contributed by atoms with Crippen molar-refractivity contribution in [3.05, 3.63) is 215 Å². The Balaban J connectivity index is 1.10. The van der Waals surface area contributed by atoms with Gasteiger partial charge >= 0.3 is 17.9 Å². The Morgan fingerprint density at radius 2 is 0.782 bits per heavy atom. The molecule has 4 aliphatic heterocycles. The highest BCUT2D eigenvalue weighted by Crippen LogP contribution is 2.41. The number of hydrogen-bond acceptors (Lipinski definition) is 18. The van der Waals surface area contributed by atoms with Crippen molar-refractivity contribution >= 4 is 29.7 Å². The van der Waals surface area contributed by atoms with Crippen LogP contribution in [0, 0.1) is 0 Å². The van der Waals surface area contributed by atoms with Crippen LogP contribution in [0.5, 0.6) is 0 Å². The van der Waals surface area contributed by atoms with Gasteiger partial charge in [-0.05, 0) is 46.9 Å². The first kappa shape index (κ1) is 62.5. The highest BCUT2D eigenvalue weighted by Gasteiger charge is 2.61. The van der Waals surface area contributed by atoms with Gasteiger partial charge in [-0.1, -0.05) is 164 Å². The number of hydrogen-bond donors (Lipinski definition) is 0. The Morgan fingerprint density at radius 1 is 0.414 bits per heavy atom. The molecule has 0 radical (unpaired) electrons. The van der Waals surface area contributed by atoms with E-state index in [4.69, 9.17) is 61.6 Å². The quantitative estimate of drug-likeness (QED) is 0.0299. The third-order valence-corrected chi connectivity index (χ3v) is 15.2. The average molecular weight is 1200 g/mol. The summed E-state index contributed by atoms with van der Waals surface area (Å²) in [5, 5.41) is 0. The molecule has 6 aromatic carbocycles. The van der Waals surface area contributed by atoms with E-state index in [0.29, 0.717) is 4.90 Å². The number of carbonyl (C=O) groups excluding carboxylic acids is 5. The van der Waals surface area contributed by atoms with Gasteiger partial charge in [-0.2, -0.15) is 0 Å². The fraction of sp³-hybridized carbons (Fsp3) is 0.388. The van der Waals surface area contributed by atoms with E-state index in [9.17, 15) is 24.0 Å². The summed E-state index contributed by atoms with van der Waals surface area (Å²) in [5.74, 6) is -4.40. The maximum atomic E-state index is 18.1. The molecule has 15 atom stereocenters. The van der Waals surface area contributed by atoms with Gasteiger partial charge in [0.25, 0.3) is 11.8 Å². The van der Waals surface area contributed by atoms with Crippen LogP contribution in [0.3, 0.4) is 0 Å². The lowest BCUT2D eigenvalue weighted by molar-refractivity contribution is -0.376. The second kappa shape index (κ2) is 29.9. The van der Waals surface area contributed by atoms with Crippen LogP contribution in [0.2, 0.25) is 0 Å². The van der Waals surface area contributed by atoms with E-state index in [-0.39, 0.29) is 50.8 Å². The average Bonchev–Trinajstić information content (AvgIpc) is 1.81. The van der Waals surface area contributed by atoms with Gasteiger partial charge in [0.2, 0.25) is 6.36 Å². The SMILES string of the molecule is CC(=O)O[C@H]1[C@@H](OC(C)=O)[C@@H](COCc2ccccc2)O[C@@H](O[C@H]2[C@H](O[C@@H]3O[C@@H](C)[C@@H](OCc4ccccc4)[C@@H](OCc4ccccc4)[C@@H]3OCc3ccccc3)[C@@H](COCc3ccccc3)O[C@@H](F)[C@@H]2N2C(=O)c3ccccc3C2=O)[C@@H]1OC(C)=O. The number of halogens is 1. The predicted octanol–water partition coefficient (Wildman–Crippen LogP) is 8.57. The minimum absolute atomic E-state index is 0.00336. The van der Waals surface area contributed by atoms with E-state index in [1.165, 1.54) is 12.1 Å². The third-order valence-electron chi connectivity index (χ3n) is 15.2. The van der Waals surface area contributed by atoms with Crippen molar-refractivity contribution in [2.75, 3.05) is 13.2 Å². The zero-order chi connectivity index (χ0) is 60.8. The largest absolute Gasteiger partial charge is 0.456 e. The van der Waals surface area contributed by atoms with Crippen LogP contribution in [-0.4, -0.2) is 140 Å². The molecule has 2 amide bonds. The van der Waals surface area contributed by atoms with E-state index >= 15 is 4.39 Å². The van der Waals surface area contributed by atoms with E-state index in [0.717, 1.165) is 48.6 Å². The normalized spacial score (nSPS) is 27.9. The molecule has 19 nitrogen and oxygen atoms in total. The zero-order valence-electron chi connectivity index (χ0n) is 48.5. The number of benzene rings is 6. The molecule has 0 aromatic heterocycles. The van der Waals surface area contributed by atoms with E-state index in [1.54, 1.807) is 19.1 Å². The van der Waals surface area contributed by atoms with Crippen molar-refractivity contribution in [3.8, 4) is 0 Å². The van der Waals surface area contributed by atoms with E-state index in [2.05, 4.69) is 0 Å². The molecule has 0 spiro atoms. The maximum absolute atomic E-state index is 18.1. The first-order chi connectivity index (χ1) is 42.3. The standard InChI is InChI=1S/C67H70FNO18/c1-41-55(77-36-47-26-14-7-15-27-47)59(78-37-48-28-16-8-17-29-48)61(79-38-49-30-18-9-19-31-49)66(80-41)86-56-52(39-75-34-45-22-10-5-11-23-45)84-63(68)54(69-64(73)50-32-20-21-33-51(50)65(69)74)58(56)87-67-62(83-44(4)72)60(82-43(3)71)57(81-42(2)70)53(85-67)40-76-35-46-24-12-6-13-25-46/h5-33,41,52-63,66-67H,34-40H2,1-4H3/t41-,52+,53+,54+,55+,56+,57-,58+,59+,60-,61-,62+,63+,66-,67-/m0/s1. The maximum Gasteiger partial charge on any atom is 0.303 e. The van der Waals surface area contributed by atoms with Gasteiger partial charge in [0.15, 0.2) is 30.9 Å². The summed E-state index contributed by atoms with van der Waals surface area (Å²) in [4.78, 5) is 69.9. The van der Waals surface area contributed by atoms with Gasteiger partial charge in [0, 0.05) is 20.8 Å². The molecule has 3 saturated heterocycles. The zero-order valence-corrected chi connectivity index (χ0v) is 48.5. The molecule has 0 saturated carbocycles. The van der Waals surface area contributed by atoms with Gasteiger partial charge < -0.3 is 61.6 Å². The van der Waals surface area contributed by atoms with Gasteiger partial charge in [-0.3, -0.25) is 28.9 Å². The molecule has 0 unspecified atom stereocenters. The van der Waals surface area contributed by atoms with Crippen LogP contribution in [0.15, 0.2) is 176 Å². The van der Waals surface area contributed by atoms with Gasteiger partial charge in [0.1, 0.15) is 48.8 Å². The molecule has 0 bridgehead atoms. The Kier molecular flexibility index (Phi) is 21.4. The molecule has 10 rings (SSSR count). The number of esters is 3. The fourth-order valence-corrected chi connectivity index (χ4v) is 11.2. The van der Waals surface area contributed by atoms with Gasteiger partial charge in [0.05, 0.1) is 63.5 Å². The minimum Gasteiger partial charge on any atom is -0.456 e. The smallest absolute Gasteiger partial charge is 0.303 e. The molecule has 0 aliphatic carbocycles. The number of imide groups is 1. The second-order valence-corrected chi connectivity index (χ2v) is 21.5. The van der Waals surface area contributed by atoms with Crippen LogP contribution in [0.4, 0.5) is 4.39 Å². The van der Waals surface area contributed by atoms with Gasteiger partial charge in [-0.15, -0.1) is 0 Å². The summed E-state index contributed by atoms with van der Waals surface area (Å²) in [6, 6.07) is 50.8. The molecule has 20 heteroatoms. The van der Waals surface area contributed by atoms with Crippen LogP contribution < -0.4 is 0 Å². The van der Waals surface area contributed by atoms with Gasteiger partial charge in [-0.25, -0.2) is 4.39 Å². The van der Waals surface area contributed by atoms with Crippen molar-refractivity contribution < 1.29 is 89.9 Å². The molecule has 458 valence electrons. The van der Waals surface area contributed by atoms with Crippen molar-refractivity contribution in [3.63, 3.8) is 0 Å². The number of amides is 2. The van der Waals surface area contributed by atoms with E-state index < -0.39 is 128 Å². The fourth-order valence-electron chi connectivity index (χ4n) is 11.2. The first-order valence-corrected chi connectivity index (χ1v) is 28.9. The molecular weight excluding hydrogens is 1130 g/mol. The summed E-state index contributed by atoms with van der Waals surface area (Å²) in [5.41, 5.74) is 3.97. The number of nitrogens with zero attached hydrogens (tertiary/aromatic N) is 1. The van der Waals surface area contributed by atoms with Crippen molar-refractivity contribution in [2.24, 2.45) is 0 Å². The Labute approximate surface area is 503 Å². The Morgan fingerprint density at radius 3 is 1.24 bits per heavy atom. The summed E-state index contributed by atoms with van der Waals surface area (Å²) >= 11 is 0. The summed E-state index contributed by atoms with van der Waals surface area (Å²) in [6.07, 6.45) is -21.2. The number of carbonyl (C=O) groups is 5. The molecule has 87 heavy (non-hydrogen) atoms. The lowest BCUT2D eigenvalue weighted by Gasteiger charge is -2.51. The van der Waals surface area contributed by atoms with Crippen LogP contribution in [0.1, 0.15) is 76.2 Å². The number of rotatable bonds is 25. The van der Waals surface area contributed by atoms with Crippen LogP contribution >= 0.6 is 0 Å². The molecule has 6 aromatic rings. The third kappa shape index (κ3) is 15.8. The number of fused-ring (bicyclic) bond motifs is 1. The molecule has 4 aliphatic rings. The second-order valence-electron chi connectivity index (χ2n) is 21.5. The Hall–Kier alpha value is -7.60. The lowest BCUT2D eigenvalue weighted by atomic mass is 9.93. The summed E-state index contributed by atoms with van der Waals surface area (Å²) < 4.78 is 103. The van der Waals surface area contributed by atoms with Crippen molar-refractivity contribution in [1.29, 1.82) is 0 Å². The highest BCUT2D eigenvalue weighted by atomic mass is 19.1. The monoisotopic (exact) mass is 1200 g/mol.